The van der Waals surface area contributed by atoms with Crippen molar-refractivity contribution in [3.8, 4) is 5.75 Å². The number of rotatable bonds is 9. The molecule has 1 aliphatic rings. The Hall–Kier alpha value is -2.41. The molecule has 2 unspecified atom stereocenters. The maximum atomic E-state index is 11.1. The predicted octanol–water partition coefficient (Wildman–Crippen LogP) is 3.52. The molecular weight excluding hydrogens is 372 g/mol. The molecule has 3 atom stereocenters. The molecule has 6 nitrogen and oxygen atoms in total. The lowest BCUT2D eigenvalue weighted by atomic mass is 10.0. The molecule has 0 N–H and O–H groups in total. The minimum atomic E-state index is -0.312. The molecule has 6 heteroatoms. The first kappa shape index (κ1) is 21.3. The summed E-state index contributed by atoms with van der Waals surface area (Å²) in [6, 6.07) is 17.8. The van der Waals surface area contributed by atoms with E-state index in [1.807, 2.05) is 54.6 Å². The predicted molar refractivity (Wildman–Crippen MR) is 108 cm³/mol. The third kappa shape index (κ3) is 6.85. The van der Waals surface area contributed by atoms with Crippen molar-refractivity contribution in [3.63, 3.8) is 0 Å². The Morgan fingerprint density at radius 2 is 1.62 bits per heavy atom. The highest BCUT2D eigenvalue weighted by atomic mass is 16.6. The first-order valence-corrected chi connectivity index (χ1v) is 9.79. The van der Waals surface area contributed by atoms with Crippen LogP contribution in [0.3, 0.4) is 0 Å². The molecule has 0 saturated carbocycles. The molecule has 156 valence electrons. The summed E-state index contributed by atoms with van der Waals surface area (Å²) in [6.45, 7) is 2.96. The molecule has 3 rings (SSSR count). The van der Waals surface area contributed by atoms with Crippen molar-refractivity contribution in [2.24, 2.45) is 0 Å². The summed E-state index contributed by atoms with van der Waals surface area (Å²) in [5.74, 6) is 0.500. The fourth-order valence-electron chi connectivity index (χ4n) is 3.18. The minimum absolute atomic E-state index is 0.150. The first-order chi connectivity index (χ1) is 14.1. The van der Waals surface area contributed by atoms with E-state index in [4.69, 9.17) is 23.7 Å². The summed E-state index contributed by atoms with van der Waals surface area (Å²) >= 11 is 0. The quantitative estimate of drug-likeness (QED) is 0.600. The highest BCUT2D eigenvalue weighted by Gasteiger charge is 2.33. The number of ether oxygens (including phenoxy) is 5. The molecule has 1 aliphatic heterocycles. The van der Waals surface area contributed by atoms with Gasteiger partial charge in [0, 0.05) is 13.3 Å². The van der Waals surface area contributed by atoms with Crippen LogP contribution in [0, 0.1) is 0 Å². The highest BCUT2D eigenvalue weighted by molar-refractivity contribution is 5.65. The van der Waals surface area contributed by atoms with Crippen molar-refractivity contribution in [3.05, 3.63) is 65.7 Å². The van der Waals surface area contributed by atoms with Gasteiger partial charge < -0.3 is 23.7 Å². The molecule has 0 radical (unpaired) electrons. The normalized spacial score (nSPS) is 21.5. The number of hydrogen-bond acceptors (Lipinski definition) is 6. The SMILES string of the molecule is COc1ccc(COC2COC(COC(C)=O)C[C@H]2OCc2ccccc2)cc1. The molecule has 0 bridgehead atoms. The second kappa shape index (κ2) is 11.0. The average molecular weight is 400 g/mol. The standard InChI is InChI=1S/C23H28O6/c1-17(24)26-15-21-12-22(28-13-18-6-4-3-5-7-18)23(16-27-21)29-14-19-8-10-20(25-2)11-9-19/h3-11,21-23H,12-16H2,1-2H3/t21?,22-,23?/m1/s1. The highest BCUT2D eigenvalue weighted by Crippen LogP contribution is 2.23. The zero-order chi connectivity index (χ0) is 20.5. The van der Waals surface area contributed by atoms with Crippen molar-refractivity contribution in [2.45, 2.75) is 44.9 Å². The van der Waals surface area contributed by atoms with Crippen molar-refractivity contribution >= 4 is 5.97 Å². The van der Waals surface area contributed by atoms with Crippen LogP contribution in [-0.2, 0) is 37.0 Å². The molecule has 29 heavy (non-hydrogen) atoms. The van der Waals surface area contributed by atoms with Crippen molar-refractivity contribution in [2.75, 3.05) is 20.3 Å². The largest absolute Gasteiger partial charge is 0.497 e. The van der Waals surface area contributed by atoms with Crippen LogP contribution in [0.25, 0.3) is 0 Å². The molecule has 0 amide bonds. The smallest absolute Gasteiger partial charge is 0.302 e. The Labute approximate surface area is 171 Å². The third-order valence-corrected chi connectivity index (χ3v) is 4.81. The van der Waals surface area contributed by atoms with Crippen LogP contribution in [0.1, 0.15) is 24.5 Å². The van der Waals surface area contributed by atoms with E-state index in [1.165, 1.54) is 6.92 Å². The van der Waals surface area contributed by atoms with Crippen LogP contribution >= 0.6 is 0 Å². The van der Waals surface area contributed by atoms with Crippen LogP contribution in [-0.4, -0.2) is 44.6 Å². The van der Waals surface area contributed by atoms with Gasteiger partial charge in [0.2, 0.25) is 0 Å². The lowest BCUT2D eigenvalue weighted by Crippen LogP contribution is -2.45. The van der Waals surface area contributed by atoms with E-state index in [2.05, 4.69) is 0 Å². The summed E-state index contributed by atoms with van der Waals surface area (Å²) < 4.78 is 28.4. The van der Waals surface area contributed by atoms with E-state index in [-0.39, 0.29) is 30.9 Å². The summed E-state index contributed by atoms with van der Waals surface area (Å²) in [7, 11) is 1.64. The van der Waals surface area contributed by atoms with Gasteiger partial charge in [-0.1, -0.05) is 42.5 Å². The van der Waals surface area contributed by atoms with Crippen molar-refractivity contribution in [1.82, 2.24) is 0 Å². The average Bonchev–Trinajstić information content (AvgIpc) is 2.76. The Balaban J connectivity index is 1.58. The van der Waals surface area contributed by atoms with E-state index >= 15 is 0 Å². The summed E-state index contributed by atoms with van der Waals surface area (Å²) in [5.41, 5.74) is 2.15. The topological polar surface area (TPSA) is 63.2 Å². The maximum absolute atomic E-state index is 11.1. The molecule has 2 aromatic rings. The van der Waals surface area contributed by atoms with Gasteiger partial charge in [-0.3, -0.25) is 4.79 Å². The number of carbonyl (C=O) groups excluding carboxylic acids is 1. The van der Waals surface area contributed by atoms with Crippen molar-refractivity contribution in [1.29, 1.82) is 0 Å². The van der Waals surface area contributed by atoms with Gasteiger partial charge in [-0.25, -0.2) is 0 Å². The van der Waals surface area contributed by atoms with Gasteiger partial charge in [-0.2, -0.15) is 0 Å². The number of carbonyl (C=O) groups is 1. The van der Waals surface area contributed by atoms with E-state index in [0.29, 0.717) is 26.2 Å². The van der Waals surface area contributed by atoms with E-state index in [1.54, 1.807) is 7.11 Å². The Bertz CT molecular complexity index is 746. The molecule has 1 saturated heterocycles. The van der Waals surface area contributed by atoms with Crippen molar-refractivity contribution < 1.29 is 28.5 Å². The van der Waals surface area contributed by atoms with Crippen LogP contribution in [0.5, 0.6) is 5.75 Å². The fourth-order valence-corrected chi connectivity index (χ4v) is 3.18. The lowest BCUT2D eigenvalue weighted by Gasteiger charge is -2.35. The Morgan fingerprint density at radius 1 is 0.966 bits per heavy atom. The molecule has 0 spiro atoms. The van der Waals surface area contributed by atoms with Gasteiger partial charge in [0.15, 0.2) is 0 Å². The van der Waals surface area contributed by atoms with E-state index in [0.717, 1.165) is 16.9 Å². The van der Waals surface area contributed by atoms with E-state index < -0.39 is 0 Å². The Morgan fingerprint density at radius 3 is 2.28 bits per heavy atom. The Kier molecular flexibility index (Phi) is 8.04. The lowest BCUT2D eigenvalue weighted by molar-refractivity contribution is -0.183. The number of esters is 1. The molecule has 2 aromatic carbocycles. The second-order valence-corrected chi connectivity index (χ2v) is 7.03. The molecular formula is C23H28O6. The van der Waals surface area contributed by atoms with E-state index in [9.17, 15) is 4.79 Å². The summed E-state index contributed by atoms with van der Waals surface area (Å²) in [4.78, 5) is 11.1. The van der Waals surface area contributed by atoms with Gasteiger partial charge in [-0.05, 0) is 23.3 Å². The van der Waals surface area contributed by atoms with Crippen LogP contribution in [0.15, 0.2) is 54.6 Å². The van der Waals surface area contributed by atoms with Gasteiger partial charge in [-0.15, -0.1) is 0 Å². The monoisotopic (exact) mass is 400 g/mol. The molecule has 1 fully saturated rings. The number of benzene rings is 2. The fraction of sp³-hybridized carbons (Fsp3) is 0.435. The number of methoxy groups -OCH3 is 1. The second-order valence-electron chi connectivity index (χ2n) is 7.03. The summed E-state index contributed by atoms with van der Waals surface area (Å²) in [6.07, 6.45) is 0.0607. The maximum Gasteiger partial charge on any atom is 0.302 e. The van der Waals surface area contributed by atoms with Gasteiger partial charge >= 0.3 is 5.97 Å². The molecule has 0 aromatic heterocycles. The number of hydrogen-bond donors (Lipinski definition) is 0. The van der Waals surface area contributed by atoms with Gasteiger partial charge in [0.05, 0.1) is 39.1 Å². The minimum Gasteiger partial charge on any atom is -0.497 e. The molecule has 1 heterocycles. The zero-order valence-corrected chi connectivity index (χ0v) is 16.9. The third-order valence-electron chi connectivity index (χ3n) is 4.81. The molecule has 0 aliphatic carbocycles. The van der Waals surface area contributed by atoms with Crippen LogP contribution < -0.4 is 4.74 Å². The van der Waals surface area contributed by atoms with Gasteiger partial charge in [0.25, 0.3) is 0 Å². The zero-order valence-electron chi connectivity index (χ0n) is 16.9. The van der Waals surface area contributed by atoms with Gasteiger partial charge in [0.1, 0.15) is 18.5 Å². The van der Waals surface area contributed by atoms with Crippen LogP contribution in [0.2, 0.25) is 0 Å². The van der Waals surface area contributed by atoms with Crippen LogP contribution in [0.4, 0.5) is 0 Å². The first-order valence-electron chi connectivity index (χ1n) is 9.79. The summed E-state index contributed by atoms with van der Waals surface area (Å²) in [5, 5.41) is 0.